The zero-order valence-electron chi connectivity index (χ0n) is 14.3. The summed E-state index contributed by atoms with van der Waals surface area (Å²) < 4.78 is 11.6. The first-order valence-electron chi connectivity index (χ1n) is 8.71. The van der Waals surface area contributed by atoms with Crippen molar-refractivity contribution in [3.05, 3.63) is 35.1 Å². The Morgan fingerprint density at radius 3 is 3.00 bits per heavy atom. The number of likely N-dealkylation sites (tertiary alicyclic amines) is 1. The predicted octanol–water partition coefficient (Wildman–Crippen LogP) is 1.23. The Kier molecular flexibility index (Phi) is 2.78. The van der Waals surface area contributed by atoms with Crippen molar-refractivity contribution in [2.24, 2.45) is 0 Å². The third kappa shape index (κ3) is 1.60. The molecule has 2 aliphatic carbocycles. The summed E-state index contributed by atoms with van der Waals surface area (Å²) in [6.07, 6.45) is 2.99. The third-order valence-electron chi connectivity index (χ3n) is 6.61. The predicted molar refractivity (Wildman–Crippen MR) is 88.4 cm³/mol. The van der Waals surface area contributed by atoms with Crippen LogP contribution in [0.15, 0.2) is 24.0 Å². The largest absolute Gasteiger partial charge is 0.504 e. The van der Waals surface area contributed by atoms with Crippen LogP contribution in [-0.2, 0) is 21.4 Å². The van der Waals surface area contributed by atoms with Crippen molar-refractivity contribution in [3.63, 3.8) is 0 Å². The topological polar surface area (TPSA) is 79.2 Å². The van der Waals surface area contributed by atoms with E-state index in [2.05, 4.69) is 4.90 Å². The smallest absolute Gasteiger partial charge is 0.307 e. The van der Waals surface area contributed by atoms with Gasteiger partial charge in [0.1, 0.15) is 5.76 Å². The van der Waals surface area contributed by atoms with E-state index in [1.807, 2.05) is 13.1 Å². The minimum absolute atomic E-state index is 0.0366. The van der Waals surface area contributed by atoms with Gasteiger partial charge in [-0.1, -0.05) is 6.07 Å². The zero-order chi connectivity index (χ0) is 17.6. The molecule has 1 fully saturated rings. The van der Waals surface area contributed by atoms with Crippen molar-refractivity contribution in [3.8, 4) is 11.5 Å². The molecule has 0 saturated carbocycles. The number of aliphatic hydroxyl groups is 1. The Morgan fingerprint density at radius 1 is 1.44 bits per heavy atom. The molecule has 1 spiro atoms. The van der Waals surface area contributed by atoms with Crippen LogP contribution in [0.5, 0.6) is 11.5 Å². The number of carbonyl (C=O) groups is 1. The molecule has 2 heterocycles. The van der Waals surface area contributed by atoms with Gasteiger partial charge in [-0.15, -0.1) is 0 Å². The summed E-state index contributed by atoms with van der Waals surface area (Å²) in [7, 11) is 2.04. The minimum Gasteiger partial charge on any atom is -0.504 e. The van der Waals surface area contributed by atoms with Crippen LogP contribution in [0.2, 0.25) is 0 Å². The van der Waals surface area contributed by atoms with Gasteiger partial charge in [0.25, 0.3) is 0 Å². The maximum Gasteiger partial charge on any atom is 0.307 e. The number of hydrogen-bond donors (Lipinski definition) is 2. The number of nitrogens with zero attached hydrogens (tertiary/aromatic N) is 1. The number of ether oxygens (including phenoxy) is 2. The van der Waals surface area contributed by atoms with Crippen LogP contribution in [0.1, 0.15) is 30.9 Å². The van der Waals surface area contributed by atoms with Crippen molar-refractivity contribution in [2.45, 2.75) is 49.3 Å². The van der Waals surface area contributed by atoms with Crippen LogP contribution < -0.4 is 4.74 Å². The first kappa shape index (κ1) is 15.2. The summed E-state index contributed by atoms with van der Waals surface area (Å²) in [4.78, 5) is 13.8. The highest BCUT2D eigenvalue weighted by Gasteiger charge is 2.72. The summed E-state index contributed by atoms with van der Waals surface area (Å²) in [5, 5.41) is 22.2. The molecular formula is C19H21NO5. The Labute approximate surface area is 145 Å². The van der Waals surface area contributed by atoms with E-state index in [-0.39, 0.29) is 11.8 Å². The summed E-state index contributed by atoms with van der Waals surface area (Å²) in [5.41, 5.74) is 0.300. The van der Waals surface area contributed by atoms with Gasteiger partial charge in [0.05, 0.1) is 11.0 Å². The molecule has 1 aromatic carbocycles. The second-order valence-electron chi connectivity index (χ2n) is 7.70. The van der Waals surface area contributed by atoms with Gasteiger partial charge >= 0.3 is 5.97 Å². The number of carbonyl (C=O) groups excluding carboxylic acids is 1. The molecule has 1 saturated heterocycles. The fourth-order valence-electron chi connectivity index (χ4n) is 5.60. The molecule has 2 aliphatic heterocycles. The highest BCUT2D eigenvalue weighted by atomic mass is 16.6. The standard InChI is InChI=1S/C19H21NO5/c1-10(21)24-13-5-6-19(23)14-9-11-3-4-12(22)16-15(11)18(19,17(13)25-16)7-8-20(14)2/h3-5,14,17,22-23H,6-9H2,1-2H3/t14-,17+,18+,19-/m1/s1. The average molecular weight is 343 g/mol. The number of phenols is 1. The molecular weight excluding hydrogens is 322 g/mol. The van der Waals surface area contributed by atoms with E-state index in [1.165, 1.54) is 6.92 Å². The molecule has 132 valence electrons. The molecule has 2 bridgehead atoms. The van der Waals surface area contributed by atoms with Crippen LogP contribution in [-0.4, -0.2) is 52.4 Å². The van der Waals surface area contributed by atoms with Gasteiger partial charge in [0.2, 0.25) is 0 Å². The summed E-state index contributed by atoms with van der Waals surface area (Å²) >= 11 is 0. The third-order valence-corrected chi connectivity index (χ3v) is 6.61. The van der Waals surface area contributed by atoms with Gasteiger partial charge in [0, 0.05) is 24.9 Å². The molecule has 6 nitrogen and oxygen atoms in total. The molecule has 5 rings (SSSR count). The van der Waals surface area contributed by atoms with E-state index in [0.29, 0.717) is 30.8 Å². The molecule has 0 aromatic heterocycles. The summed E-state index contributed by atoms with van der Waals surface area (Å²) in [5.74, 6) is 0.551. The molecule has 25 heavy (non-hydrogen) atoms. The summed E-state index contributed by atoms with van der Waals surface area (Å²) in [6.45, 7) is 2.18. The van der Waals surface area contributed by atoms with Crippen LogP contribution in [0.4, 0.5) is 0 Å². The fourth-order valence-corrected chi connectivity index (χ4v) is 5.60. The highest BCUT2D eigenvalue weighted by molar-refractivity contribution is 5.69. The van der Waals surface area contributed by atoms with E-state index in [9.17, 15) is 15.0 Å². The molecule has 0 radical (unpaired) electrons. The maximum atomic E-state index is 11.8. The Morgan fingerprint density at radius 2 is 2.24 bits per heavy atom. The van der Waals surface area contributed by atoms with Crippen molar-refractivity contribution in [1.29, 1.82) is 0 Å². The number of likely N-dealkylation sites (N-methyl/N-ethyl adjacent to an activating group) is 1. The van der Waals surface area contributed by atoms with Crippen LogP contribution in [0.3, 0.4) is 0 Å². The Bertz CT molecular complexity index is 833. The van der Waals surface area contributed by atoms with E-state index < -0.39 is 23.1 Å². The lowest BCUT2D eigenvalue weighted by atomic mass is 9.50. The number of benzene rings is 1. The molecule has 4 aliphatic rings. The number of phenolic OH excluding ortho intramolecular Hbond substituents is 1. The lowest BCUT2D eigenvalue weighted by Crippen LogP contribution is -2.74. The van der Waals surface area contributed by atoms with Crippen LogP contribution in [0.25, 0.3) is 0 Å². The van der Waals surface area contributed by atoms with E-state index in [0.717, 1.165) is 17.7 Å². The molecule has 0 amide bonds. The quantitative estimate of drug-likeness (QED) is 0.747. The lowest BCUT2D eigenvalue weighted by Gasteiger charge is -2.61. The van der Waals surface area contributed by atoms with Gasteiger partial charge in [-0.3, -0.25) is 4.79 Å². The highest BCUT2D eigenvalue weighted by Crippen LogP contribution is 2.65. The SMILES string of the molecule is CC(=O)OC1=CC[C@@]2(O)[C@H]3Cc4ccc(O)c5c4[C@@]2(CCN3C)[C@H]1O5. The van der Waals surface area contributed by atoms with E-state index in [4.69, 9.17) is 9.47 Å². The number of piperidine rings is 1. The number of esters is 1. The number of rotatable bonds is 1. The molecule has 4 atom stereocenters. The van der Waals surface area contributed by atoms with Gasteiger partial charge in [-0.2, -0.15) is 0 Å². The number of hydrogen-bond acceptors (Lipinski definition) is 6. The molecule has 1 aromatic rings. The van der Waals surface area contributed by atoms with Crippen LogP contribution >= 0.6 is 0 Å². The van der Waals surface area contributed by atoms with Crippen molar-refractivity contribution < 1.29 is 24.5 Å². The van der Waals surface area contributed by atoms with Crippen molar-refractivity contribution >= 4 is 5.97 Å². The Hall–Kier alpha value is -2.05. The van der Waals surface area contributed by atoms with Gasteiger partial charge in [-0.05, 0) is 44.1 Å². The molecule has 2 N–H and O–H groups in total. The second-order valence-corrected chi connectivity index (χ2v) is 7.70. The molecule has 6 heteroatoms. The number of aromatic hydroxyl groups is 1. The first-order chi connectivity index (χ1) is 11.9. The van der Waals surface area contributed by atoms with Crippen molar-refractivity contribution in [2.75, 3.05) is 13.6 Å². The summed E-state index contributed by atoms with van der Waals surface area (Å²) in [6, 6.07) is 3.54. The van der Waals surface area contributed by atoms with E-state index >= 15 is 0 Å². The fraction of sp³-hybridized carbons (Fsp3) is 0.526. The lowest BCUT2D eigenvalue weighted by molar-refractivity contribution is -0.168. The molecule has 0 unspecified atom stereocenters. The van der Waals surface area contributed by atoms with Gasteiger partial charge in [-0.25, -0.2) is 0 Å². The van der Waals surface area contributed by atoms with E-state index in [1.54, 1.807) is 12.1 Å². The van der Waals surface area contributed by atoms with Crippen molar-refractivity contribution in [1.82, 2.24) is 4.90 Å². The first-order valence-corrected chi connectivity index (χ1v) is 8.71. The minimum atomic E-state index is -1.01. The normalized spacial score (nSPS) is 37.8. The zero-order valence-corrected chi connectivity index (χ0v) is 14.3. The van der Waals surface area contributed by atoms with Gasteiger partial charge in [0.15, 0.2) is 17.6 Å². The van der Waals surface area contributed by atoms with Crippen LogP contribution in [0, 0.1) is 0 Å². The Balaban J connectivity index is 1.80. The monoisotopic (exact) mass is 343 g/mol. The second kappa shape index (κ2) is 4.56. The van der Waals surface area contributed by atoms with Gasteiger partial charge < -0.3 is 24.6 Å². The maximum absolute atomic E-state index is 11.8. The average Bonchev–Trinajstić information content (AvgIpc) is 2.91.